The van der Waals surface area contributed by atoms with Crippen molar-refractivity contribution in [1.82, 2.24) is 0 Å². The molecule has 4 heteroatoms. The minimum Gasteiger partial charge on any atom is -0.478 e. The summed E-state index contributed by atoms with van der Waals surface area (Å²) in [6.45, 7) is 1.68. The van der Waals surface area contributed by atoms with Crippen LogP contribution >= 0.6 is 0 Å². The third kappa shape index (κ3) is 2.58. The Labute approximate surface area is 89.2 Å². The van der Waals surface area contributed by atoms with Crippen molar-refractivity contribution in [3.63, 3.8) is 0 Å². The van der Waals surface area contributed by atoms with Gasteiger partial charge < -0.3 is 10.8 Å². The molecule has 0 aromatic carbocycles. The fraction of sp³-hybridized carbons (Fsp3) is 0.636. The van der Waals surface area contributed by atoms with Gasteiger partial charge in [-0.1, -0.05) is 19.8 Å². The smallest absolute Gasteiger partial charge is 0.334 e. The van der Waals surface area contributed by atoms with Crippen LogP contribution in [0.4, 0.5) is 0 Å². The van der Waals surface area contributed by atoms with Crippen LogP contribution in [0.1, 0.15) is 39.0 Å². The molecule has 0 spiro atoms. The Morgan fingerprint density at radius 1 is 1.33 bits per heavy atom. The number of Topliss-reactive ketones (excluding diaryl/α,β-unsaturated/α-hetero) is 1. The summed E-state index contributed by atoms with van der Waals surface area (Å²) in [5, 5.41) is 9.06. The van der Waals surface area contributed by atoms with Crippen LogP contribution in [0.5, 0.6) is 0 Å². The van der Waals surface area contributed by atoms with Crippen LogP contribution in [-0.4, -0.2) is 16.9 Å². The number of ketones is 1. The van der Waals surface area contributed by atoms with Gasteiger partial charge in [-0.25, -0.2) is 4.79 Å². The van der Waals surface area contributed by atoms with Crippen molar-refractivity contribution in [3.05, 3.63) is 11.3 Å². The van der Waals surface area contributed by atoms with Crippen molar-refractivity contribution in [2.24, 2.45) is 11.7 Å². The number of carbonyl (C=O) groups is 2. The Kier molecular flexibility index (Phi) is 3.88. The highest BCUT2D eigenvalue weighted by Crippen LogP contribution is 2.32. The molecule has 0 aliphatic heterocycles. The molecule has 0 heterocycles. The average molecular weight is 211 g/mol. The Morgan fingerprint density at radius 3 is 2.27 bits per heavy atom. The molecule has 3 N–H and O–H groups in total. The number of hydrogen-bond donors (Lipinski definition) is 2. The molecule has 84 valence electrons. The Bertz CT molecular complexity index is 301. The fourth-order valence-electron chi connectivity index (χ4n) is 2.06. The van der Waals surface area contributed by atoms with Crippen LogP contribution < -0.4 is 5.73 Å². The van der Waals surface area contributed by atoms with E-state index >= 15 is 0 Å². The van der Waals surface area contributed by atoms with E-state index in [1.165, 1.54) is 0 Å². The van der Waals surface area contributed by atoms with Gasteiger partial charge >= 0.3 is 5.97 Å². The third-order valence-corrected chi connectivity index (χ3v) is 2.91. The van der Waals surface area contributed by atoms with E-state index in [9.17, 15) is 9.59 Å². The molecule has 0 atom stereocenters. The van der Waals surface area contributed by atoms with Gasteiger partial charge in [0.25, 0.3) is 0 Å². The summed E-state index contributed by atoms with van der Waals surface area (Å²) in [5.41, 5.74) is 5.70. The van der Waals surface area contributed by atoms with Gasteiger partial charge in [0.2, 0.25) is 0 Å². The maximum Gasteiger partial charge on any atom is 0.334 e. The zero-order valence-corrected chi connectivity index (χ0v) is 8.95. The Morgan fingerprint density at radius 2 is 1.87 bits per heavy atom. The Hall–Kier alpha value is -1.32. The standard InChI is InChI=1S/C11H17NO3/c1-2-8(13)10(12)9(11(14)15)7-5-3-4-6-7/h7H,2-6,12H2,1H3,(H,14,15)/b10-9+. The molecule has 1 rings (SSSR count). The van der Waals surface area contributed by atoms with Gasteiger partial charge in [-0.15, -0.1) is 0 Å². The molecule has 0 aromatic rings. The summed E-state index contributed by atoms with van der Waals surface area (Å²) in [6.07, 6.45) is 3.97. The van der Waals surface area contributed by atoms with Gasteiger partial charge in [0.1, 0.15) is 0 Å². The zero-order valence-electron chi connectivity index (χ0n) is 8.95. The van der Waals surface area contributed by atoms with Crippen molar-refractivity contribution in [3.8, 4) is 0 Å². The van der Waals surface area contributed by atoms with E-state index in [1.54, 1.807) is 6.92 Å². The SMILES string of the molecule is CCC(=O)/C(N)=C(\C(=O)O)C1CCCC1. The number of nitrogens with two attached hydrogens (primary N) is 1. The molecular weight excluding hydrogens is 194 g/mol. The van der Waals surface area contributed by atoms with E-state index < -0.39 is 5.97 Å². The van der Waals surface area contributed by atoms with E-state index in [0.717, 1.165) is 25.7 Å². The number of carboxylic acids is 1. The zero-order chi connectivity index (χ0) is 11.4. The molecule has 15 heavy (non-hydrogen) atoms. The summed E-state index contributed by atoms with van der Waals surface area (Å²) in [5.74, 6) is -1.33. The van der Waals surface area contributed by atoms with Gasteiger partial charge in [-0.05, 0) is 18.8 Å². The summed E-state index contributed by atoms with van der Waals surface area (Å²) >= 11 is 0. The largest absolute Gasteiger partial charge is 0.478 e. The second-order valence-electron chi connectivity index (χ2n) is 3.89. The molecule has 0 bridgehead atoms. The maximum absolute atomic E-state index is 11.4. The molecule has 1 saturated carbocycles. The first-order chi connectivity index (χ1) is 7.07. The molecule has 1 aliphatic carbocycles. The lowest BCUT2D eigenvalue weighted by Crippen LogP contribution is -2.22. The number of rotatable bonds is 4. The average Bonchev–Trinajstić information content (AvgIpc) is 2.69. The highest BCUT2D eigenvalue weighted by atomic mass is 16.4. The number of aliphatic carboxylic acids is 1. The number of carbonyl (C=O) groups excluding carboxylic acids is 1. The van der Waals surface area contributed by atoms with Crippen molar-refractivity contribution < 1.29 is 14.7 Å². The van der Waals surface area contributed by atoms with E-state index in [4.69, 9.17) is 10.8 Å². The molecule has 1 fully saturated rings. The third-order valence-electron chi connectivity index (χ3n) is 2.91. The van der Waals surface area contributed by atoms with Crippen LogP contribution in [0, 0.1) is 5.92 Å². The second-order valence-corrected chi connectivity index (χ2v) is 3.89. The van der Waals surface area contributed by atoms with Crippen molar-refractivity contribution in [2.45, 2.75) is 39.0 Å². The first-order valence-electron chi connectivity index (χ1n) is 5.34. The van der Waals surface area contributed by atoms with Gasteiger partial charge in [0.15, 0.2) is 5.78 Å². The first-order valence-corrected chi connectivity index (χ1v) is 5.34. The lowest BCUT2D eigenvalue weighted by Gasteiger charge is -2.12. The summed E-state index contributed by atoms with van der Waals surface area (Å²) < 4.78 is 0. The first kappa shape index (κ1) is 11.8. The Balaban J connectivity index is 2.99. The topological polar surface area (TPSA) is 80.4 Å². The fourth-order valence-corrected chi connectivity index (χ4v) is 2.06. The highest BCUT2D eigenvalue weighted by Gasteiger charge is 2.28. The molecular formula is C11H17NO3. The van der Waals surface area contributed by atoms with Crippen molar-refractivity contribution in [1.29, 1.82) is 0 Å². The quantitative estimate of drug-likeness (QED) is 0.690. The van der Waals surface area contributed by atoms with Crippen LogP contribution in [0.2, 0.25) is 0 Å². The molecule has 0 aromatic heterocycles. The van der Waals surface area contributed by atoms with E-state index in [0.29, 0.717) is 0 Å². The van der Waals surface area contributed by atoms with E-state index in [-0.39, 0.29) is 29.4 Å². The summed E-state index contributed by atoms with van der Waals surface area (Å²) in [6, 6.07) is 0. The second kappa shape index (κ2) is 4.96. The normalized spacial score (nSPS) is 18.7. The van der Waals surface area contributed by atoms with Gasteiger partial charge in [0.05, 0.1) is 11.3 Å². The molecule has 0 unspecified atom stereocenters. The van der Waals surface area contributed by atoms with Gasteiger partial charge in [-0.2, -0.15) is 0 Å². The van der Waals surface area contributed by atoms with Gasteiger partial charge in [-0.3, -0.25) is 4.79 Å². The van der Waals surface area contributed by atoms with Crippen molar-refractivity contribution >= 4 is 11.8 Å². The van der Waals surface area contributed by atoms with Crippen LogP contribution in [-0.2, 0) is 9.59 Å². The van der Waals surface area contributed by atoms with Crippen LogP contribution in [0.25, 0.3) is 0 Å². The predicted molar refractivity (Wildman–Crippen MR) is 56.1 cm³/mol. The molecule has 4 nitrogen and oxygen atoms in total. The summed E-state index contributed by atoms with van der Waals surface area (Å²) in [7, 11) is 0. The lowest BCUT2D eigenvalue weighted by molar-refractivity contribution is -0.133. The van der Waals surface area contributed by atoms with Crippen molar-refractivity contribution in [2.75, 3.05) is 0 Å². The maximum atomic E-state index is 11.4. The molecule has 0 radical (unpaired) electrons. The van der Waals surface area contributed by atoms with E-state index in [2.05, 4.69) is 0 Å². The number of allylic oxidation sites excluding steroid dienone is 1. The van der Waals surface area contributed by atoms with Crippen LogP contribution in [0.15, 0.2) is 11.3 Å². The highest BCUT2D eigenvalue weighted by molar-refractivity contribution is 6.02. The molecule has 0 saturated heterocycles. The predicted octanol–water partition coefficient (Wildman–Crippen LogP) is 1.45. The number of carboxylic acid groups (broad SMARTS) is 1. The molecule has 0 amide bonds. The minimum absolute atomic E-state index is 0.0296. The van der Waals surface area contributed by atoms with Crippen LogP contribution in [0.3, 0.4) is 0 Å². The minimum atomic E-state index is -1.04. The number of hydrogen-bond acceptors (Lipinski definition) is 3. The molecule has 1 aliphatic rings. The van der Waals surface area contributed by atoms with Gasteiger partial charge in [0, 0.05) is 6.42 Å². The monoisotopic (exact) mass is 211 g/mol. The van der Waals surface area contributed by atoms with E-state index in [1.807, 2.05) is 0 Å². The summed E-state index contributed by atoms with van der Waals surface area (Å²) in [4.78, 5) is 22.4. The lowest BCUT2D eigenvalue weighted by atomic mass is 9.94.